The first-order chi connectivity index (χ1) is 7.30. The summed E-state index contributed by atoms with van der Waals surface area (Å²) >= 11 is 0. The van der Waals surface area contributed by atoms with Gasteiger partial charge in [-0.2, -0.15) is 0 Å². The number of rotatable bonds is 3. The standard InChI is InChI=1S/C12H15NO3/c1-13(2,3)10-5-6-11(14)9(8-10)4-7-12(15)16/h4-8H,1-3H3,(H-,14,15,16)/p+1/b7-4-. The SMILES string of the molecule is C[N+](C)(C)c1ccc(O)c(/C=C\C(=O)O)c1. The molecule has 1 aromatic carbocycles. The molecule has 0 radical (unpaired) electrons. The molecule has 0 unspecified atom stereocenters. The van der Waals surface area contributed by atoms with Gasteiger partial charge in [-0.05, 0) is 12.1 Å². The van der Waals surface area contributed by atoms with E-state index in [0.717, 1.165) is 11.8 Å². The lowest BCUT2D eigenvalue weighted by atomic mass is 10.1. The summed E-state index contributed by atoms with van der Waals surface area (Å²) in [7, 11) is 5.99. The number of carboxylic acid groups (broad SMARTS) is 1. The van der Waals surface area contributed by atoms with Crippen LogP contribution in [-0.2, 0) is 4.79 Å². The lowest BCUT2D eigenvalue weighted by Gasteiger charge is -2.23. The van der Waals surface area contributed by atoms with Crippen molar-refractivity contribution in [1.82, 2.24) is 4.48 Å². The van der Waals surface area contributed by atoms with Crippen molar-refractivity contribution in [2.75, 3.05) is 21.1 Å². The van der Waals surface area contributed by atoms with Gasteiger partial charge in [-0.1, -0.05) is 0 Å². The monoisotopic (exact) mass is 222 g/mol. The van der Waals surface area contributed by atoms with Gasteiger partial charge in [0.15, 0.2) is 0 Å². The van der Waals surface area contributed by atoms with Crippen LogP contribution in [0.5, 0.6) is 5.75 Å². The van der Waals surface area contributed by atoms with Gasteiger partial charge >= 0.3 is 5.97 Å². The molecule has 4 nitrogen and oxygen atoms in total. The Bertz CT molecular complexity index is 430. The molecule has 0 spiro atoms. The molecule has 0 heterocycles. The number of phenolic OH excluding ortho intramolecular Hbond substituents is 1. The van der Waals surface area contributed by atoms with Crippen LogP contribution >= 0.6 is 0 Å². The van der Waals surface area contributed by atoms with E-state index in [1.165, 1.54) is 6.08 Å². The van der Waals surface area contributed by atoms with Crippen molar-refractivity contribution in [3.05, 3.63) is 29.8 Å². The van der Waals surface area contributed by atoms with E-state index in [1.807, 2.05) is 27.2 Å². The summed E-state index contributed by atoms with van der Waals surface area (Å²) in [6.45, 7) is 0. The maximum atomic E-state index is 10.4. The minimum absolute atomic E-state index is 0.0784. The van der Waals surface area contributed by atoms with Crippen molar-refractivity contribution in [1.29, 1.82) is 0 Å². The van der Waals surface area contributed by atoms with Crippen molar-refractivity contribution in [3.63, 3.8) is 0 Å². The van der Waals surface area contributed by atoms with E-state index in [0.29, 0.717) is 10.0 Å². The number of benzene rings is 1. The van der Waals surface area contributed by atoms with Crippen molar-refractivity contribution in [2.24, 2.45) is 0 Å². The van der Waals surface area contributed by atoms with E-state index in [2.05, 4.69) is 0 Å². The molecule has 0 saturated heterocycles. The topological polar surface area (TPSA) is 57.5 Å². The number of aromatic hydroxyl groups is 1. The fraction of sp³-hybridized carbons (Fsp3) is 0.250. The predicted octanol–water partition coefficient (Wildman–Crippen LogP) is 1.69. The normalized spacial score (nSPS) is 11.9. The molecular weight excluding hydrogens is 206 g/mol. The van der Waals surface area contributed by atoms with Gasteiger partial charge in [0.2, 0.25) is 0 Å². The van der Waals surface area contributed by atoms with Crippen molar-refractivity contribution >= 4 is 17.7 Å². The van der Waals surface area contributed by atoms with Gasteiger partial charge in [0.1, 0.15) is 11.4 Å². The second-order valence-corrected chi connectivity index (χ2v) is 4.43. The number of hydrogen-bond acceptors (Lipinski definition) is 2. The average molecular weight is 222 g/mol. The van der Waals surface area contributed by atoms with Gasteiger partial charge in [0.05, 0.1) is 21.1 Å². The second-order valence-electron chi connectivity index (χ2n) is 4.43. The van der Waals surface area contributed by atoms with Crippen LogP contribution in [0, 0.1) is 0 Å². The Morgan fingerprint density at radius 1 is 1.31 bits per heavy atom. The third kappa shape index (κ3) is 3.10. The lowest BCUT2D eigenvalue weighted by molar-refractivity contribution is -0.131. The van der Waals surface area contributed by atoms with Crippen molar-refractivity contribution in [2.45, 2.75) is 0 Å². The summed E-state index contributed by atoms with van der Waals surface area (Å²) in [6, 6.07) is 5.16. The number of nitrogens with zero attached hydrogens (tertiary/aromatic N) is 1. The van der Waals surface area contributed by atoms with Crippen molar-refractivity contribution in [3.8, 4) is 5.75 Å². The summed E-state index contributed by atoms with van der Waals surface area (Å²) in [5.41, 5.74) is 1.50. The molecule has 0 saturated carbocycles. The quantitative estimate of drug-likeness (QED) is 0.604. The van der Waals surface area contributed by atoms with E-state index in [1.54, 1.807) is 12.1 Å². The van der Waals surface area contributed by atoms with E-state index in [4.69, 9.17) is 5.11 Å². The highest BCUT2D eigenvalue weighted by atomic mass is 16.4. The summed E-state index contributed by atoms with van der Waals surface area (Å²) in [5, 5.41) is 18.1. The number of phenols is 1. The zero-order valence-corrected chi connectivity index (χ0v) is 9.64. The molecule has 0 aliphatic rings. The summed E-state index contributed by atoms with van der Waals surface area (Å²) < 4.78 is 0.605. The number of quaternary nitrogens is 1. The fourth-order valence-electron chi connectivity index (χ4n) is 1.25. The van der Waals surface area contributed by atoms with Gasteiger partial charge in [-0.3, -0.25) is 4.48 Å². The number of carboxylic acids is 1. The molecule has 0 bridgehead atoms. The van der Waals surface area contributed by atoms with Gasteiger partial charge in [-0.25, -0.2) is 4.79 Å². The van der Waals surface area contributed by atoms with Gasteiger partial charge in [-0.15, -0.1) is 0 Å². The molecule has 0 aliphatic carbocycles. The maximum Gasteiger partial charge on any atom is 0.328 e. The summed E-state index contributed by atoms with van der Waals surface area (Å²) in [6.07, 6.45) is 2.39. The van der Waals surface area contributed by atoms with E-state index in [-0.39, 0.29) is 5.75 Å². The number of carbonyl (C=O) groups is 1. The number of hydrogen-bond donors (Lipinski definition) is 2. The van der Waals surface area contributed by atoms with Crippen molar-refractivity contribution < 1.29 is 15.0 Å². The third-order valence-corrected chi connectivity index (χ3v) is 2.19. The number of aliphatic carboxylic acids is 1. The first-order valence-electron chi connectivity index (χ1n) is 4.87. The van der Waals surface area contributed by atoms with Crippen LogP contribution in [0.4, 0.5) is 5.69 Å². The van der Waals surface area contributed by atoms with E-state index >= 15 is 0 Å². The molecule has 2 N–H and O–H groups in total. The Morgan fingerprint density at radius 3 is 2.44 bits per heavy atom. The molecule has 0 amide bonds. The first kappa shape index (κ1) is 12.3. The molecule has 0 aliphatic heterocycles. The molecule has 0 fully saturated rings. The highest BCUT2D eigenvalue weighted by Crippen LogP contribution is 2.26. The first-order valence-corrected chi connectivity index (χ1v) is 4.87. The minimum atomic E-state index is -1.03. The summed E-state index contributed by atoms with van der Waals surface area (Å²) in [5.74, 6) is -0.954. The molecule has 1 rings (SSSR count). The Morgan fingerprint density at radius 2 is 1.94 bits per heavy atom. The smallest absolute Gasteiger partial charge is 0.328 e. The lowest BCUT2D eigenvalue weighted by Crippen LogP contribution is -2.34. The molecule has 4 heteroatoms. The zero-order valence-electron chi connectivity index (χ0n) is 9.64. The van der Waals surface area contributed by atoms with Crippen LogP contribution in [0.25, 0.3) is 6.08 Å². The highest BCUT2D eigenvalue weighted by molar-refractivity contribution is 5.86. The molecule has 16 heavy (non-hydrogen) atoms. The van der Waals surface area contributed by atoms with Gasteiger partial charge in [0, 0.05) is 23.8 Å². The Labute approximate surface area is 94.7 Å². The fourth-order valence-corrected chi connectivity index (χ4v) is 1.25. The summed E-state index contributed by atoms with van der Waals surface area (Å²) in [4.78, 5) is 10.4. The molecular formula is C12H16NO3+. The minimum Gasteiger partial charge on any atom is -0.507 e. The molecule has 86 valence electrons. The van der Waals surface area contributed by atoms with Crippen LogP contribution in [0.2, 0.25) is 0 Å². The Balaban J connectivity index is 3.14. The maximum absolute atomic E-state index is 10.4. The van der Waals surface area contributed by atoms with Crippen LogP contribution < -0.4 is 4.48 Å². The van der Waals surface area contributed by atoms with Gasteiger partial charge < -0.3 is 10.2 Å². The second kappa shape index (κ2) is 4.37. The average Bonchev–Trinajstić information content (AvgIpc) is 2.14. The Kier molecular flexibility index (Phi) is 3.34. The van der Waals surface area contributed by atoms with Crippen LogP contribution in [0.15, 0.2) is 24.3 Å². The Hall–Kier alpha value is -1.81. The molecule has 0 aromatic heterocycles. The van der Waals surface area contributed by atoms with Crippen LogP contribution in [0.3, 0.4) is 0 Å². The van der Waals surface area contributed by atoms with Crippen LogP contribution in [0.1, 0.15) is 5.56 Å². The zero-order chi connectivity index (χ0) is 12.3. The van der Waals surface area contributed by atoms with Gasteiger partial charge in [0.25, 0.3) is 0 Å². The predicted molar refractivity (Wildman–Crippen MR) is 64.3 cm³/mol. The largest absolute Gasteiger partial charge is 0.507 e. The molecule has 0 atom stereocenters. The van der Waals surface area contributed by atoms with Crippen LogP contribution in [-0.4, -0.2) is 37.3 Å². The molecule has 1 aromatic rings. The van der Waals surface area contributed by atoms with E-state index < -0.39 is 5.97 Å². The third-order valence-electron chi connectivity index (χ3n) is 2.19. The highest BCUT2D eigenvalue weighted by Gasteiger charge is 2.13. The van der Waals surface area contributed by atoms with E-state index in [9.17, 15) is 9.90 Å².